The Kier molecular flexibility index (Phi) is 6.97. The molecule has 0 heterocycles. The molecule has 0 aliphatic rings. The first-order chi connectivity index (χ1) is 8.54. The lowest BCUT2D eigenvalue weighted by Crippen LogP contribution is -2.21. The van der Waals surface area contributed by atoms with Gasteiger partial charge >= 0.3 is 0 Å². The minimum atomic E-state index is 0.478. The molecule has 0 aliphatic carbocycles. The van der Waals surface area contributed by atoms with Crippen LogP contribution in [0.15, 0.2) is 33.7 Å². The second kappa shape index (κ2) is 7.97. The second-order valence-electron chi connectivity index (χ2n) is 4.35. The lowest BCUT2D eigenvalue weighted by molar-refractivity contribution is 0.321. The Morgan fingerprint density at radius 3 is 2.44 bits per heavy atom. The van der Waals surface area contributed by atoms with Crippen molar-refractivity contribution < 1.29 is 4.74 Å². The summed E-state index contributed by atoms with van der Waals surface area (Å²) in [5.74, 6) is 0.852. The van der Waals surface area contributed by atoms with Crippen LogP contribution in [0.2, 0.25) is 0 Å². The Labute approximate surface area is 126 Å². The molecule has 0 bridgehead atoms. The Balaban J connectivity index is 2.73. The van der Waals surface area contributed by atoms with Crippen LogP contribution in [-0.2, 0) is 6.54 Å². The average molecular weight is 377 g/mol. The Morgan fingerprint density at radius 1 is 1.33 bits per heavy atom. The summed E-state index contributed by atoms with van der Waals surface area (Å²) >= 11 is 7.10. The topological polar surface area (TPSA) is 21.3 Å². The van der Waals surface area contributed by atoms with E-state index in [0.29, 0.717) is 12.6 Å². The van der Waals surface area contributed by atoms with Gasteiger partial charge < -0.3 is 10.1 Å². The predicted octanol–water partition coefficient (Wildman–Crippen LogP) is 4.66. The maximum Gasteiger partial charge on any atom is 0.147 e. The second-order valence-corrected chi connectivity index (χ2v) is 6.06. The third kappa shape index (κ3) is 5.12. The summed E-state index contributed by atoms with van der Waals surface area (Å²) in [5.41, 5.74) is 1.22. The van der Waals surface area contributed by atoms with Crippen LogP contribution in [0.5, 0.6) is 5.75 Å². The van der Waals surface area contributed by atoms with Crippen LogP contribution in [0, 0.1) is 0 Å². The highest BCUT2D eigenvalue weighted by Crippen LogP contribution is 2.34. The summed E-state index contributed by atoms with van der Waals surface area (Å²) in [4.78, 5) is 0. The summed E-state index contributed by atoms with van der Waals surface area (Å²) in [6.45, 7) is 9.44. The van der Waals surface area contributed by atoms with Crippen molar-refractivity contribution in [3.8, 4) is 5.75 Å². The molecule has 1 aromatic rings. The SMILES string of the molecule is C=CCCOc1c(Br)cc(CNC(C)C)cc1Br. The summed E-state index contributed by atoms with van der Waals surface area (Å²) in [7, 11) is 0. The van der Waals surface area contributed by atoms with E-state index in [0.717, 1.165) is 27.7 Å². The number of halogens is 2. The third-order valence-electron chi connectivity index (χ3n) is 2.34. The smallest absolute Gasteiger partial charge is 0.147 e. The van der Waals surface area contributed by atoms with Crippen LogP contribution < -0.4 is 10.1 Å². The molecular weight excluding hydrogens is 358 g/mol. The van der Waals surface area contributed by atoms with Crippen LogP contribution in [0.4, 0.5) is 0 Å². The van der Waals surface area contributed by atoms with Gasteiger partial charge in [-0.25, -0.2) is 0 Å². The Hall–Kier alpha value is -0.320. The first-order valence-electron chi connectivity index (χ1n) is 5.99. The largest absolute Gasteiger partial charge is 0.491 e. The van der Waals surface area contributed by atoms with E-state index in [1.54, 1.807) is 0 Å². The van der Waals surface area contributed by atoms with E-state index in [1.165, 1.54) is 5.56 Å². The number of benzene rings is 1. The third-order valence-corrected chi connectivity index (χ3v) is 3.52. The van der Waals surface area contributed by atoms with E-state index in [4.69, 9.17) is 4.74 Å². The monoisotopic (exact) mass is 375 g/mol. The molecule has 0 aliphatic heterocycles. The molecular formula is C14H19Br2NO. The van der Waals surface area contributed by atoms with Gasteiger partial charge in [0.2, 0.25) is 0 Å². The fraction of sp³-hybridized carbons (Fsp3) is 0.429. The Morgan fingerprint density at radius 2 is 1.94 bits per heavy atom. The van der Waals surface area contributed by atoms with Crippen LogP contribution in [0.3, 0.4) is 0 Å². The van der Waals surface area contributed by atoms with Gasteiger partial charge in [-0.05, 0) is 56.0 Å². The van der Waals surface area contributed by atoms with Gasteiger partial charge in [-0.15, -0.1) is 6.58 Å². The molecule has 1 N–H and O–H groups in total. The highest BCUT2D eigenvalue weighted by atomic mass is 79.9. The lowest BCUT2D eigenvalue weighted by atomic mass is 10.2. The van der Waals surface area contributed by atoms with Crippen LogP contribution in [0.1, 0.15) is 25.8 Å². The van der Waals surface area contributed by atoms with Crippen molar-refractivity contribution >= 4 is 31.9 Å². The van der Waals surface area contributed by atoms with E-state index < -0.39 is 0 Å². The van der Waals surface area contributed by atoms with Gasteiger partial charge in [-0.3, -0.25) is 0 Å². The number of ether oxygens (including phenoxy) is 1. The van der Waals surface area contributed by atoms with Crippen molar-refractivity contribution in [3.05, 3.63) is 39.3 Å². The molecule has 4 heteroatoms. The van der Waals surface area contributed by atoms with E-state index in [-0.39, 0.29) is 0 Å². The van der Waals surface area contributed by atoms with Crippen molar-refractivity contribution in [3.63, 3.8) is 0 Å². The zero-order chi connectivity index (χ0) is 13.5. The molecule has 0 amide bonds. The average Bonchev–Trinajstić information content (AvgIpc) is 2.30. The van der Waals surface area contributed by atoms with Crippen LogP contribution >= 0.6 is 31.9 Å². The molecule has 1 aromatic carbocycles. The fourth-order valence-corrected chi connectivity index (χ4v) is 2.93. The molecule has 0 spiro atoms. The number of nitrogens with one attached hydrogen (secondary N) is 1. The molecule has 0 unspecified atom stereocenters. The van der Waals surface area contributed by atoms with E-state index >= 15 is 0 Å². The van der Waals surface area contributed by atoms with Crippen LogP contribution in [0.25, 0.3) is 0 Å². The van der Waals surface area contributed by atoms with Crippen molar-refractivity contribution in [1.29, 1.82) is 0 Å². The van der Waals surface area contributed by atoms with E-state index in [1.807, 2.05) is 6.08 Å². The standard InChI is InChI=1S/C14H19Br2NO/c1-4-5-6-18-14-12(15)7-11(8-13(14)16)9-17-10(2)3/h4,7-8,10,17H,1,5-6,9H2,2-3H3. The van der Waals surface area contributed by atoms with Crippen molar-refractivity contribution in [2.24, 2.45) is 0 Å². The highest BCUT2D eigenvalue weighted by molar-refractivity contribution is 9.11. The van der Waals surface area contributed by atoms with E-state index in [9.17, 15) is 0 Å². The van der Waals surface area contributed by atoms with Gasteiger partial charge in [0.05, 0.1) is 15.6 Å². The van der Waals surface area contributed by atoms with Gasteiger partial charge in [-0.1, -0.05) is 19.9 Å². The molecule has 100 valence electrons. The maximum absolute atomic E-state index is 5.70. The summed E-state index contributed by atoms with van der Waals surface area (Å²) in [6, 6.07) is 4.65. The van der Waals surface area contributed by atoms with Gasteiger partial charge in [0, 0.05) is 12.6 Å². The van der Waals surface area contributed by atoms with Crippen molar-refractivity contribution in [2.75, 3.05) is 6.61 Å². The number of hydrogen-bond acceptors (Lipinski definition) is 2. The maximum atomic E-state index is 5.70. The minimum Gasteiger partial charge on any atom is -0.491 e. The molecule has 1 rings (SSSR count). The minimum absolute atomic E-state index is 0.478. The van der Waals surface area contributed by atoms with E-state index in [2.05, 4.69) is 69.7 Å². The summed E-state index contributed by atoms with van der Waals surface area (Å²) < 4.78 is 7.65. The fourth-order valence-electron chi connectivity index (χ4n) is 1.42. The molecule has 0 atom stereocenters. The quantitative estimate of drug-likeness (QED) is 0.551. The normalized spacial score (nSPS) is 10.7. The Bertz CT molecular complexity index is 382. The molecule has 0 fully saturated rings. The zero-order valence-electron chi connectivity index (χ0n) is 10.8. The molecule has 0 saturated carbocycles. The lowest BCUT2D eigenvalue weighted by Gasteiger charge is -2.13. The predicted molar refractivity (Wildman–Crippen MR) is 84.1 cm³/mol. The van der Waals surface area contributed by atoms with Crippen LogP contribution in [-0.4, -0.2) is 12.6 Å². The molecule has 0 radical (unpaired) electrons. The van der Waals surface area contributed by atoms with Gasteiger partial charge in [0.1, 0.15) is 5.75 Å². The first kappa shape index (κ1) is 15.7. The van der Waals surface area contributed by atoms with Crippen molar-refractivity contribution in [2.45, 2.75) is 32.9 Å². The zero-order valence-corrected chi connectivity index (χ0v) is 14.0. The summed E-state index contributed by atoms with van der Waals surface area (Å²) in [6.07, 6.45) is 2.69. The van der Waals surface area contributed by atoms with Crippen molar-refractivity contribution in [1.82, 2.24) is 5.32 Å². The van der Waals surface area contributed by atoms with Gasteiger partial charge in [-0.2, -0.15) is 0 Å². The molecule has 2 nitrogen and oxygen atoms in total. The number of rotatable bonds is 7. The van der Waals surface area contributed by atoms with Gasteiger partial charge in [0.15, 0.2) is 0 Å². The summed E-state index contributed by atoms with van der Waals surface area (Å²) in [5, 5.41) is 3.39. The molecule has 18 heavy (non-hydrogen) atoms. The number of hydrogen-bond donors (Lipinski definition) is 1. The first-order valence-corrected chi connectivity index (χ1v) is 7.58. The highest BCUT2D eigenvalue weighted by Gasteiger charge is 2.09. The molecule has 0 aromatic heterocycles. The van der Waals surface area contributed by atoms with Gasteiger partial charge in [0.25, 0.3) is 0 Å². The molecule has 0 saturated heterocycles.